The minimum atomic E-state index is -1.01. The second-order valence-electron chi connectivity index (χ2n) is 4.19. The third kappa shape index (κ3) is 4.50. The van der Waals surface area contributed by atoms with E-state index in [1.807, 2.05) is 6.92 Å². The van der Waals surface area contributed by atoms with Crippen LogP contribution in [0.4, 0.5) is 5.82 Å². The van der Waals surface area contributed by atoms with Gasteiger partial charge >= 0.3 is 5.97 Å². The van der Waals surface area contributed by atoms with E-state index < -0.39 is 5.97 Å². The molecule has 0 radical (unpaired) electrons. The Balaban J connectivity index is 3.11. The van der Waals surface area contributed by atoms with Gasteiger partial charge in [0, 0.05) is 18.8 Å². The van der Waals surface area contributed by atoms with Crippen LogP contribution >= 0.6 is 0 Å². The lowest BCUT2D eigenvalue weighted by atomic mass is 10.1. The standard InChI is InChI=1S/C13H20N2O4/c1-2-3-11-8-10(13(18)19)9-12(14-11)15(4-6-16)5-7-17/h8-9,16-17H,2-7H2,1H3,(H,18,19). The van der Waals surface area contributed by atoms with Crippen LogP contribution in [-0.4, -0.2) is 52.6 Å². The fraction of sp³-hybridized carbons (Fsp3) is 0.538. The molecule has 0 saturated carbocycles. The molecule has 6 heteroatoms. The van der Waals surface area contributed by atoms with Crippen LogP contribution in [0.3, 0.4) is 0 Å². The van der Waals surface area contributed by atoms with Crippen molar-refractivity contribution < 1.29 is 20.1 Å². The number of aliphatic hydroxyl groups excluding tert-OH is 2. The number of aromatic carboxylic acids is 1. The summed E-state index contributed by atoms with van der Waals surface area (Å²) in [5.74, 6) is -0.527. The van der Waals surface area contributed by atoms with Gasteiger partial charge in [0.1, 0.15) is 5.82 Å². The number of aryl methyl sites for hydroxylation is 1. The number of pyridine rings is 1. The van der Waals surface area contributed by atoms with Crippen molar-refractivity contribution in [2.24, 2.45) is 0 Å². The summed E-state index contributed by atoms with van der Waals surface area (Å²) in [4.78, 5) is 17.2. The van der Waals surface area contributed by atoms with Crippen molar-refractivity contribution in [1.29, 1.82) is 0 Å². The smallest absolute Gasteiger partial charge is 0.335 e. The second-order valence-corrected chi connectivity index (χ2v) is 4.19. The van der Waals surface area contributed by atoms with Crippen LogP contribution < -0.4 is 4.90 Å². The van der Waals surface area contributed by atoms with E-state index >= 15 is 0 Å². The first-order valence-corrected chi connectivity index (χ1v) is 6.33. The first-order chi connectivity index (χ1) is 9.12. The molecule has 0 aliphatic rings. The Labute approximate surface area is 112 Å². The van der Waals surface area contributed by atoms with Crippen molar-refractivity contribution in [1.82, 2.24) is 4.98 Å². The van der Waals surface area contributed by atoms with E-state index in [-0.39, 0.29) is 18.8 Å². The summed E-state index contributed by atoms with van der Waals surface area (Å²) in [6.45, 7) is 2.45. The van der Waals surface area contributed by atoms with Gasteiger partial charge in [-0.3, -0.25) is 0 Å². The van der Waals surface area contributed by atoms with E-state index in [0.717, 1.165) is 6.42 Å². The van der Waals surface area contributed by atoms with E-state index in [1.54, 1.807) is 11.0 Å². The van der Waals surface area contributed by atoms with Gasteiger partial charge in [0.25, 0.3) is 0 Å². The lowest BCUT2D eigenvalue weighted by Crippen LogP contribution is -2.30. The molecule has 19 heavy (non-hydrogen) atoms. The fourth-order valence-corrected chi connectivity index (χ4v) is 1.82. The SMILES string of the molecule is CCCc1cc(C(=O)O)cc(N(CCO)CCO)n1. The first-order valence-electron chi connectivity index (χ1n) is 6.33. The van der Waals surface area contributed by atoms with Crippen LogP contribution in [0, 0.1) is 0 Å². The predicted octanol–water partition coefficient (Wildman–Crippen LogP) is 0.523. The number of aliphatic hydroxyl groups is 2. The van der Waals surface area contributed by atoms with Crippen LogP contribution in [0.5, 0.6) is 0 Å². The maximum atomic E-state index is 11.1. The zero-order chi connectivity index (χ0) is 14.3. The minimum absolute atomic E-state index is 0.0813. The molecule has 0 aliphatic heterocycles. The molecule has 0 bridgehead atoms. The molecular weight excluding hydrogens is 248 g/mol. The number of rotatable bonds is 8. The van der Waals surface area contributed by atoms with E-state index in [9.17, 15) is 4.79 Å². The van der Waals surface area contributed by atoms with Crippen LogP contribution in [0.25, 0.3) is 0 Å². The highest BCUT2D eigenvalue weighted by Gasteiger charge is 2.13. The summed E-state index contributed by atoms with van der Waals surface area (Å²) < 4.78 is 0. The van der Waals surface area contributed by atoms with Gasteiger partial charge in [0.05, 0.1) is 18.8 Å². The molecule has 6 nitrogen and oxygen atoms in total. The van der Waals surface area contributed by atoms with Crippen LogP contribution in [-0.2, 0) is 6.42 Å². The minimum Gasteiger partial charge on any atom is -0.478 e. The van der Waals surface area contributed by atoms with Gasteiger partial charge in [-0.15, -0.1) is 0 Å². The number of carboxylic acid groups (broad SMARTS) is 1. The largest absolute Gasteiger partial charge is 0.478 e. The Kier molecular flexibility index (Phi) is 6.24. The predicted molar refractivity (Wildman–Crippen MR) is 71.6 cm³/mol. The maximum absolute atomic E-state index is 11.1. The van der Waals surface area contributed by atoms with Crippen molar-refractivity contribution >= 4 is 11.8 Å². The summed E-state index contributed by atoms with van der Waals surface area (Å²) in [6.07, 6.45) is 1.57. The molecule has 1 rings (SSSR count). The number of carboxylic acids is 1. The Morgan fingerprint density at radius 2 is 1.89 bits per heavy atom. The summed E-state index contributed by atoms with van der Waals surface area (Å²) in [5.41, 5.74) is 0.882. The Hall–Kier alpha value is -1.66. The van der Waals surface area contributed by atoms with Gasteiger partial charge in [-0.25, -0.2) is 9.78 Å². The highest BCUT2D eigenvalue weighted by molar-refractivity contribution is 5.88. The van der Waals surface area contributed by atoms with Gasteiger partial charge in [0.15, 0.2) is 0 Å². The van der Waals surface area contributed by atoms with Crippen molar-refractivity contribution in [2.75, 3.05) is 31.2 Å². The second kappa shape index (κ2) is 7.70. The molecule has 0 atom stereocenters. The van der Waals surface area contributed by atoms with Crippen molar-refractivity contribution in [3.63, 3.8) is 0 Å². The Bertz CT molecular complexity index is 417. The topological polar surface area (TPSA) is 93.9 Å². The maximum Gasteiger partial charge on any atom is 0.335 e. The summed E-state index contributed by atoms with van der Waals surface area (Å²) in [7, 11) is 0. The molecule has 0 spiro atoms. The van der Waals surface area contributed by atoms with E-state index in [1.165, 1.54) is 6.07 Å². The molecule has 1 aromatic rings. The molecule has 0 aromatic carbocycles. The zero-order valence-corrected chi connectivity index (χ0v) is 11.0. The normalized spacial score (nSPS) is 10.5. The Morgan fingerprint density at radius 1 is 1.26 bits per heavy atom. The number of nitrogens with zero attached hydrogens (tertiary/aromatic N) is 2. The van der Waals surface area contributed by atoms with Gasteiger partial charge in [-0.2, -0.15) is 0 Å². The summed E-state index contributed by atoms with van der Waals surface area (Å²) in [5, 5.41) is 27.1. The van der Waals surface area contributed by atoms with Crippen molar-refractivity contribution in [3.05, 3.63) is 23.4 Å². The average Bonchev–Trinajstić information content (AvgIpc) is 2.38. The molecule has 1 aromatic heterocycles. The zero-order valence-electron chi connectivity index (χ0n) is 11.0. The Morgan fingerprint density at radius 3 is 2.37 bits per heavy atom. The van der Waals surface area contributed by atoms with Gasteiger partial charge < -0.3 is 20.2 Å². The third-order valence-electron chi connectivity index (χ3n) is 2.68. The summed E-state index contributed by atoms with van der Waals surface area (Å²) in [6, 6.07) is 3.03. The molecule has 1 heterocycles. The quantitative estimate of drug-likeness (QED) is 0.636. The lowest BCUT2D eigenvalue weighted by molar-refractivity contribution is 0.0696. The number of anilines is 1. The molecule has 106 valence electrons. The number of hydrogen-bond donors (Lipinski definition) is 3. The summed E-state index contributed by atoms with van der Waals surface area (Å²) >= 11 is 0. The van der Waals surface area contributed by atoms with Crippen LogP contribution in [0.1, 0.15) is 29.4 Å². The number of carbonyl (C=O) groups is 1. The van der Waals surface area contributed by atoms with Crippen LogP contribution in [0.2, 0.25) is 0 Å². The molecule has 0 fully saturated rings. The lowest BCUT2D eigenvalue weighted by Gasteiger charge is -2.22. The van der Waals surface area contributed by atoms with Crippen molar-refractivity contribution in [3.8, 4) is 0 Å². The molecule has 3 N–H and O–H groups in total. The van der Waals surface area contributed by atoms with E-state index in [4.69, 9.17) is 15.3 Å². The first kappa shape index (κ1) is 15.4. The molecular formula is C13H20N2O4. The molecule has 0 saturated heterocycles. The van der Waals surface area contributed by atoms with E-state index in [0.29, 0.717) is 31.0 Å². The van der Waals surface area contributed by atoms with E-state index in [2.05, 4.69) is 4.98 Å². The molecule has 0 amide bonds. The highest BCUT2D eigenvalue weighted by atomic mass is 16.4. The molecule has 0 unspecified atom stereocenters. The van der Waals surface area contributed by atoms with Gasteiger partial charge in [-0.05, 0) is 18.6 Å². The van der Waals surface area contributed by atoms with Crippen molar-refractivity contribution in [2.45, 2.75) is 19.8 Å². The van der Waals surface area contributed by atoms with Gasteiger partial charge in [-0.1, -0.05) is 13.3 Å². The van der Waals surface area contributed by atoms with Gasteiger partial charge in [0.2, 0.25) is 0 Å². The monoisotopic (exact) mass is 268 g/mol. The average molecular weight is 268 g/mol. The highest BCUT2D eigenvalue weighted by Crippen LogP contribution is 2.16. The van der Waals surface area contributed by atoms with Crippen LogP contribution in [0.15, 0.2) is 12.1 Å². The number of aromatic nitrogens is 1. The molecule has 0 aliphatic carbocycles. The fourth-order valence-electron chi connectivity index (χ4n) is 1.82. The number of hydrogen-bond acceptors (Lipinski definition) is 5. The third-order valence-corrected chi connectivity index (χ3v) is 2.68.